The summed E-state index contributed by atoms with van der Waals surface area (Å²) >= 11 is 0. The molecule has 0 aromatic heterocycles. The Morgan fingerprint density at radius 1 is 0.805 bits per heavy atom. The lowest BCUT2D eigenvalue weighted by Crippen LogP contribution is -2.54. The van der Waals surface area contributed by atoms with Crippen LogP contribution in [0.15, 0.2) is 78.9 Å². The van der Waals surface area contributed by atoms with Crippen LogP contribution in [0.25, 0.3) is 11.1 Å². The normalized spacial score (nSPS) is 13.4. The fourth-order valence-corrected chi connectivity index (χ4v) is 5.07. The standard InChI is InChI=1S/C32H35N3O6/c1-20(2)16-28(31(38)39)35-30(37)27(17-21-10-4-3-5-11-21)34-29(36)18-33-32(40)41-19-26-24-14-8-6-12-22(24)23-13-7-9-15-25(23)26/h3-15,20,26-28H,16-19H2,1-2H3,(H,33,40)(H,34,36)(H,35,37)(H,38,39)/t27-,28-/m0/s1. The quantitative estimate of drug-likeness (QED) is 0.267. The van der Waals surface area contributed by atoms with Gasteiger partial charge in [-0.25, -0.2) is 9.59 Å². The summed E-state index contributed by atoms with van der Waals surface area (Å²) in [7, 11) is 0. The molecule has 3 aromatic rings. The Kier molecular flexibility index (Phi) is 9.73. The van der Waals surface area contributed by atoms with Crippen molar-refractivity contribution >= 4 is 23.9 Å². The fraction of sp³-hybridized carbons (Fsp3) is 0.312. The molecule has 0 bridgehead atoms. The SMILES string of the molecule is CC(C)C[C@H](NC(=O)[C@H](Cc1ccccc1)NC(=O)CNC(=O)OCC1c2ccccc2-c2ccccc21)C(=O)O. The molecule has 0 saturated heterocycles. The molecule has 9 nitrogen and oxygen atoms in total. The molecule has 0 aliphatic heterocycles. The first-order valence-corrected chi connectivity index (χ1v) is 13.7. The third kappa shape index (κ3) is 7.72. The maximum atomic E-state index is 13.1. The van der Waals surface area contributed by atoms with Crippen molar-refractivity contribution in [3.8, 4) is 11.1 Å². The van der Waals surface area contributed by atoms with E-state index < -0.39 is 42.5 Å². The van der Waals surface area contributed by atoms with Gasteiger partial charge in [0.15, 0.2) is 0 Å². The van der Waals surface area contributed by atoms with Gasteiger partial charge in [0.05, 0.1) is 0 Å². The topological polar surface area (TPSA) is 134 Å². The highest BCUT2D eigenvalue weighted by atomic mass is 16.5. The van der Waals surface area contributed by atoms with Crippen LogP contribution >= 0.6 is 0 Å². The van der Waals surface area contributed by atoms with Crippen LogP contribution in [0.1, 0.15) is 42.9 Å². The van der Waals surface area contributed by atoms with Crippen molar-refractivity contribution in [1.29, 1.82) is 0 Å². The minimum absolute atomic E-state index is 0.0416. The molecule has 0 fully saturated rings. The van der Waals surface area contributed by atoms with Crippen LogP contribution in [0.2, 0.25) is 0 Å². The van der Waals surface area contributed by atoms with E-state index in [1.165, 1.54) is 0 Å². The number of carbonyl (C=O) groups excluding carboxylic acids is 3. The highest BCUT2D eigenvalue weighted by Gasteiger charge is 2.30. The number of carboxylic acids is 1. The Morgan fingerprint density at radius 2 is 1.39 bits per heavy atom. The van der Waals surface area contributed by atoms with Gasteiger partial charge in [0.25, 0.3) is 0 Å². The van der Waals surface area contributed by atoms with Crippen LogP contribution in [0, 0.1) is 5.92 Å². The molecule has 9 heteroatoms. The minimum atomic E-state index is -1.14. The molecule has 4 N–H and O–H groups in total. The van der Waals surface area contributed by atoms with Crippen molar-refractivity contribution in [3.63, 3.8) is 0 Å². The summed E-state index contributed by atoms with van der Waals surface area (Å²) in [6, 6.07) is 22.9. The summed E-state index contributed by atoms with van der Waals surface area (Å²) in [4.78, 5) is 50.0. The van der Waals surface area contributed by atoms with E-state index in [2.05, 4.69) is 16.0 Å². The van der Waals surface area contributed by atoms with Crippen molar-refractivity contribution in [2.24, 2.45) is 5.92 Å². The van der Waals surface area contributed by atoms with Gasteiger partial charge >= 0.3 is 12.1 Å². The summed E-state index contributed by atoms with van der Waals surface area (Å²) in [6.07, 6.45) is -0.359. The predicted molar refractivity (Wildman–Crippen MR) is 154 cm³/mol. The van der Waals surface area contributed by atoms with Crippen molar-refractivity contribution in [2.75, 3.05) is 13.2 Å². The average molecular weight is 558 g/mol. The second-order valence-electron chi connectivity index (χ2n) is 10.5. The largest absolute Gasteiger partial charge is 0.480 e. The number of fused-ring (bicyclic) bond motifs is 3. The lowest BCUT2D eigenvalue weighted by atomic mass is 9.98. The summed E-state index contributed by atoms with van der Waals surface area (Å²) in [5.74, 6) is -2.44. The molecule has 2 atom stereocenters. The third-order valence-electron chi connectivity index (χ3n) is 6.99. The number of rotatable bonds is 12. The molecule has 1 aliphatic carbocycles. The number of ether oxygens (including phenoxy) is 1. The van der Waals surface area contributed by atoms with Crippen LogP contribution < -0.4 is 16.0 Å². The summed E-state index contributed by atoms with van der Waals surface area (Å²) in [6.45, 7) is 3.41. The number of aliphatic carboxylic acids is 1. The van der Waals surface area contributed by atoms with Crippen LogP contribution in [0.4, 0.5) is 4.79 Å². The zero-order valence-electron chi connectivity index (χ0n) is 23.1. The molecular weight excluding hydrogens is 522 g/mol. The smallest absolute Gasteiger partial charge is 0.407 e. The van der Waals surface area contributed by atoms with E-state index >= 15 is 0 Å². The van der Waals surface area contributed by atoms with Crippen molar-refractivity contribution in [1.82, 2.24) is 16.0 Å². The van der Waals surface area contributed by atoms with Crippen LogP contribution in [-0.4, -0.2) is 54.2 Å². The summed E-state index contributed by atoms with van der Waals surface area (Å²) < 4.78 is 5.48. The number of hydrogen-bond donors (Lipinski definition) is 4. The number of nitrogens with one attached hydrogen (secondary N) is 3. The number of hydrogen-bond acceptors (Lipinski definition) is 5. The number of amides is 3. The van der Waals surface area contributed by atoms with E-state index in [4.69, 9.17) is 4.74 Å². The molecule has 3 aromatic carbocycles. The zero-order chi connectivity index (χ0) is 29.4. The molecule has 0 heterocycles. The van der Waals surface area contributed by atoms with E-state index in [0.717, 1.165) is 27.8 Å². The molecule has 0 spiro atoms. The van der Waals surface area contributed by atoms with E-state index in [9.17, 15) is 24.3 Å². The second kappa shape index (κ2) is 13.6. The first-order valence-electron chi connectivity index (χ1n) is 13.7. The summed E-state index contributed by atoms with van der Waals surface area (Å²) in [5, 5.41) is 17.2. The molecular formula is C32H35N3O6. The van der Waals surface area contributed by atoms with Gasteiger partial charge < -0.3 is 25.8 Å². The average Bonchev–Trinajstić information content (AvgIpc) is 3.28. The monoisotopic (exact) mass is 557 g/mol. The van der Waals surface area contributed by atoms with Gasteiger partial charge in [0, 0.05) is 12.3 Å². The van der Waals surface area contributed by atoms with Gasteiger partial charge in [-0.3, -0.25) is 9.59 Å². The molecule has 0 saturated carbocycles. The van der Waals surface area contributed by atoms with E-state index in [1.54, 1.807) is 0 Å². The number of benzene rings is 3. The Hall–Kier alpha value is -4.66. The fourth-order valence-electron chi connectivity index (χ4n) is 5.07. The predicted octanol–water partition coefficient (Wildman–Crippen LogP) is 3.87. The molecule has 0 radical (unpaired) electrons. The molecule has 0 unspecified atom stereocenters. The first kappa shape index (κ1) is 29.3. The van der Waals surface area contributed by atoms with Gasteiger partial charge in [0.1, 0.15) is 25.2 Å². The van der Waals surface area contributed by atoms with Crippen LogP contribution in [0.5, 0.6) is 0 Å². The van der Waals surface area contributed by atoms with Crippen molar-refractivity contribution < 1.29 is 29.0 Å². The van der Waals surface area contributed by atoms with Gasteiger partial charge in [0.2, 0.25) is 11.8 Å². The van der Waals surface area contributed by atoms with Crippen LogP contribution in [-0.2, 0) is 25.5 Å². The lowest BCUT2D eigenvalue weighted by molar-refractivity contribution is -0.142. The number of carbonyl (C=O) groups is 4. The Morgan fingerprint density at radius 3 is 1.98 bits per heavy atom. The van der Waals surface area contributed by atoms with Gasteiger partial charge in [-0.15, -0.1) is 0 Å². The number of carboxylic acid groups (broad SMARTS) is 1. The van der Waals surface area contributed by atoms with Gasteiger partial charge in [-0.1, -0.05) is 92.7 Å². The minimum Gasteiger partial charge on any atom is -0.480 e. The lowest BCUT2D eigenvalue weighted by Gasteiger charge is -2.22. The maximum Gasteiger partial charge on any atom is 0.407 e. The zero-order valence-corrected chi connectivity index (χ0v) is 23.1. The molecule has 41 heavy (non-hydrogen) atoms. The Balaban J connectivity index is 1.34. The number of alkyl carbamates (subject to hydrolysis) is 1. The third-order valence-corrected chi connectivity index (χ3v) is 6.99. The Labute approximate surface area is 239 Å². The first-order chi connectivity index (χ1) is 19.7. The van der Waals surface area contributed by atoms with Crippen molar-refractivity contribution in [3.05, 3.63) is 95.6 Å². The van der Waals surface area contributed by atoms with E-state index in [0.29, 0.717) is 0 Å². The maximum absolute atomic E-state index is 13.1. The second-order valence-corrected chi connectivity index (χ2v) is 10.5. The molecule has 3 amide bonds. The summed E-state index contributed by atoms with van der Waals surface area (Å²) in [5.41, 5.74) is 5.15. The van der Waals surface area contributed by atoms with Crippen molar-refractivity contribution in [2.45, 2.75) is 44.7 Å². The highest BCUT2D eigenvalue weighted by Crippen LogP contribution is 2.44. The molecule has 1 aliphatic rings. The van der Waals surface area contributed by atoms with E-state index in [1.807, 2.05) is 92.7 Å². The Bertz CT molecular complexity index is 1350. The van der Waals surface area contributed by atoms with Crippen LogP contribution in [0.3, 0.4) is 0 Å². The van der Waals surface area contributed by atoms with Gasteiger partial charge in [-0.2, -0.15) is 0 Å². The highest BCUT2D eigenvalue weighted by molar-refractivity contribution is 5.91. The van der Waals surface area contributed by atoms with Gasteiger partial charge in [-0.05, 0) is 40.2 Å². The molecule has 214 valence electrons. The van der Waals surface area contributed by atoms with E-state index in [-0.39, 0.29) is 31.3 Å². The molecule has 4 rings (SSSR count).